The lowest BCUT2D eigenvalue weighted by atomic mass is 10.1. The van der Waals surface area contributed by atoms with Crippen LogP contribution in [0.2, 0.25) is 0 Å². The summed E-state index contributed by atoms with van der Waals surface area (Å²) in [5.74, 6) is -0.484. The monoisotopic (exact) mass is 355 g/mol. The van der Waals surface area contributed by atoms with Gasteiger partial charge < -0.3 is 10.1 Å². The summed E-state index contributed by atoms with van der Waals surface area (Å²) < 4.78 is 7.04. The lowest BCUT2D eigenvalue weighted by Crippen LogP contribution is -2.26. The molecule has 1 aliphatic rings. The van der Waals surface area contributed by atoms with Crippen LogP contribution in [0.3, 0.4) is 0 Å². The van der Waals surface area contributed by atoms with Gasteiger partial charge in [-0.05, 0) is 58.7 Å². The second-order valence-corrected chi connectivity index (χ2v) is 7.80. The van der Waals surface area contributed by atoms with Crippen LogP contribution < -0.4 is 5.32 Å². The Hall–Kier alpha value is -2.63. The van der Waals surface area contributed by atoms with E-state index in [2.05, 4.69) is 31.2 Å². The van der Waals surface area contributed by atoms with E-state index in [0.29, 0.717) is 11.6 Å². The standard InChI is InChI=1S/C20H25N3O3/c1-13-5-9-15(10-6-13)21-18(24)12-26-19(25)16-11-17(14-7-8-14)23(22-16)20(2,3)4/h5-6,9-11,14H,7-8,12H2,1-4H3,(H,21,24). The maximum Gasteiger partial charge on any atom is 0.359 e. The Bertz CT molecular complexity index is 812. The first kappa shape index (κ1) is 18.2. The number of carbonyl (C=O) groups excluding carboxylic acids is 2. The van der Waals surface area contributed by atoms with Gasteiger partial charge in [0.25, 0.3) is 5.91 Å². The fourth-order valence-electron chi connectivity index (χ4n) is 2.74. The van der Waals surface area contributed by atoms with Gasteiger partial charge in [0, 0.05) is 17.3 Å². The molecule has 0 radical (unpaired) electrons. The SMILES string of the molecule is Cc1ccc(NC(=O)COC(=O)c2cc(C3CC3)n(C(C)(C)C)n2)cc1. The number of aromatic nitrogens is 2. The van der Waals surface area contributed by atoms with Crippen LogP contribution >= 0.6 is 0 Å². The number of rotatable bonds is 5. The van der Waals surface area contributed by atoms with E-state index in [1.54, 1.807) is 6.07 Å². The largest absolute Gasteiger partial charge is 0.451 e. The van der Waals surface area contributed by atoms with Gasteiger partial charge in [0.05, 0.1) is 5.54 Å². The van der Waals surface area contributed by atoms with Crippen LogP contribution in [0.5, 0.6) is 0 Å². The highest BCUT2D eigenvalue weighted by Crippen LogP contribution is 2.41. The van der Waals surface area contributed by atoms with Crippen LogP contribution in [-0.4, -0.2) is 28.3 Å². The third-order valence-corrected chi connectivity index (χ3v) is 4.25. The molecule has 0 unspecified atom stereocenters. The zero-order chi connectivity index (χ0) is 18.9. The fourth-order valence-corrected chi connectivity index (χ4v) is 2.74. The summed E-state index contributed by atoms with van der Waals surface area (Å²) in [5, 5.41) is 7.13. The summed E-state index contributed by atoms with van der Waals surface area (Å²) in [5.41, 5.74) is 2.89. The summed E-state index contributed by atoms with van der Waals surface area (Å²) in [6.07, 6.45) is 2.24. The van der Waals surface area contributed by atoms with Gasteiger partial charge in [-0.3, -0.25) is 9.48 Å². The van der Waals surface area contributed by atoms with Crippen molar-refractivity contribution in [3.63, 3.8) is 0 Å². The van der Waals surface area contributed by atoms with Crippen molar-refractivity contribution in [2.24, 2.45) is 0 Å². The summed E-state index contributed by atoms with van der Waals surface area (Å²) in [7, 11) is 0. The molecule has 1 N–H and O–H groups in total. The van der Waals surface area contributed by atoms with Crippen LogP contribution in [0.25, 0.3) is 0 Å². The predicted molar refractivity (Wildman–Crippen MR) is 99.3 cm³/mol. The molecule has 1 amide bonds. The summed E-state index contributed by atoms with van der Waals surface area (Å²) in [4.78, 5) is 24.3. The molecule has 0 spiro atoms. The highest BCUT2D eigenvalue weighted by Gasteiger charge is 2.32. The Morgan fingerprint density at radius 2 is 1.88 bits per heavy atom. The molecular weight excluding hydrogens is 330 g/mol. The first-order chi connectivity index (χ1) is 12.2. The van der Waals surface area contributed by atoms with Crippen molar-refractivity contribution in [2.75, 3.05) is 11.9 Å². The molecule has 6 nitrogen and oxygen atoms in total. The molecule has 26 heavy (non-hydrogen) atoms. The van der Waals surface area contributed by atoms with Crippen molar-refractivity contribution in [3.8, 4) is 0 Å². The molecule has 1 heterocycles. The Balaban J connectivity index is 1.61. The maximum atomic E-state index is 12.3. The van der Waals surface area contributed by atoms with Crippen molar-refractivity contribution in [1.29, 1.82) is 0 Å². The highest BCUT2D eigenvalue weighted by molar-refractivity contribution is 5.94. The number of esters is 1. The molecular formula is C20H25N3O3. The number of benzene rings is 1. The molecule has 3 rings (SSSR count). The van der Waals surface area contributed by atoms with E-state index < -0.39 is 5.97 Å². The third-order valence-electron chi connectivity index (χ3n) is 4.25. The summed E-state index contributed by atoms with van der Waals surface area (Å²) in [6, 6.07) is 9.22. The number of hydrogen-bond acceptors (Lipinski definition) is 4. The van der Waals surface area contributed by atoms with Gasteiger partial charge in [-0.25, -0.2) is 4.79 Å². The van der Waals surface area contributed by atoms with Gasteiger partial charge in [-0.2, -0.15) is 5.10 Å². The molecule has 6 heteroatoms. The molecule has 138 valence electrons. The normalized spacial score (nSPS) is 14.2. The molecule has 2 aromatic rings. The van der Waals surface area contributed by atoms with E-state index in [1.807, 2.05) is 35.9 Å². The Kier molecular flexibility index (Phi) is 4.85. The highest BCUT2D eigenvalue weighted by atomic mass is 16.5. The smallest absolute Gasteiger partial charge is 0.359 e. The molecule has 1 aliphatic carbocycles. The molecule has 1 fully saturated rings. The number of nitrogens with one attached hydrogen (secondary N) is 1. The van der Waals surface area contributed by atoms with E-state index in [0.717, 1.165) is 24.1 Å². The van der Waals surface area contributed by atoms with Crippen LogP contribution in [0.1, 0.15) is 61.3 Å². The van der Waals surface area contributed by atoms with Crippen molar-refractivity contribution in [1.82, 2.24) is 9.78 Å². The van der Waals surface area contributed by atoms with Gasteiger partial charge in [0.15, 0.2) is 12.3 Å². The van der Waals surface area contributed by atoms with E-state index in [-0.39, 0.29) is 23.7 Å². The number of nitrogens with zero attached hydrogens (tertiary/aromatic N) is 2. The fraction of sp³-hybridized carbons (Fsp3) is 0.450. The number of aryl methyl sites for hydroxylation is 1. The number of amides is 1. The molecule has 0 bridgehead atoms. The van der Waals surface area contributed by atoms with Crippen molar-refractivity contribution in [3.05, 3.63) is 47.3 Å². The molecule has 1 saturated carbocycles. The van der Waals surface area contributed by atoms with Gasteiger partial charge in [-0.1, -0.05) is 17.7 Å². The zero-order valence-electron chi connectivity index (χ0n) is 15.7. The Morgan fingerprint density at radius 3 is 2.46 bits per heavy atom. The van der Waals surface area contributed by atoms with Crippen LogP contribution in [0, 0.1) is 6.92 Å². The van der Waals surface area contributed by atoms with Crippen molar-refractivity contribution in [2.45, 2.75) is 52.0 Å². The number of carbonyl (C=O) groups is 2. The average Bonchev–Trinajstić information content (AvgIpc) is 3.31. The van der Waals surface area contributed by atoms with E-state index in [1.165, 1.54) is 0 Å². The zero-order valence-corrected chi connectivity index (χ0v) is 15.7. The average molecular weight is 355 g/mol. The van der Waals surface area contributed by atoms with Crippen LogP contribution in [-0.2, 0) is 15.1 Å². The van der Waals surface area contributed by atoms with Gasteiger partial charge in [-0.15, -0.1) is 0 Å². The van der Waals surface area contributed by atoms with Crippen LogP contribution in [0.15, 0.2) is 30.3 Å². The minimum Gasteiger partial charge on any atom is -0.451 e. The second kappa shape index (κ2) is 6.94. The van der Waals surface area contributed by atoms with Crippen LogP contribution in [0.4, 0.5) is 5.69 Å². The quantitative estimate of drug-likeness (QED) is 0.832. The minimum absolute atomic E-state index is 0.209. The second-order valence-electron chi connectivity index (χ2n) is 7.80. The third kappa shape index (κ3) is 4.31. The van der Waals surface area contributed by atoms with Gasteiger partial charge >= 0.3 is 5.97 Å². The van der Waals surface area contributed by atoms with E-state index >= 15 is 0 Å². The Morgan fingerprint density at radius 1 is 1.23 bits per heavy atom. The molecule has 1 aromatic carbocycles. The van der Waals surface area contributed by atoms with Crippen molar-refractivity contribution >= 4 is 17.6 Å². The summed E-state index contributed by atoms with van der Waals surface area (Å²) >= 11 is 0. The molecule has 0 atom stereocenters. The topological polar surface area (TPSA) is 73.2 Å². The minimum atomic E-state index is -0.575. The maximum absolute atomic E-state index is 12.3. The predicted octanol–water partition coefficient (Wildman–Crippen LogP) is 3.62. The number of ether oxygens (including phenoxy) is 1. The molecule has 0 aliphatic heterocycles. The van der Waals surface area contributed by atoms with E-state index in [4.69, 9.17) is 4.74 Å². The summed E-state index contributed by atoms with van der Waals surface area (Å²) in [6.45, 7) is 7.79. The lowest BCUT2D eigenvalue weighted by molar-refractivity contribution is -0.119. The molecule has 0 saturated heterocycles. The first-order valence-corrected chi connectivity index (χ1v) is 8.88. The van der Waals surface area contributed by atoms with Gasteiger partial charge in [0.1, 0.15) is 0 Å². The number of hydrogen-bond donors (Lipinski definition) is 1. The van der Waals surface area contributed by atoms with E-state index in [9.17, 15) is 9.59 Å². The number of anilines is 1. The van der Waals surface area contributed by atoms with Gasteiger partial charge in [0.2, 0.25) is 0 Å². The molecule has 1 aromatic heterocycles. The lowest BCUT2D eigenvalue weighted by Gasteiger charge is -2.22. The first-order valence-electron chi connectivity index (χ1n) is 8.88. The van der Waals surface area contributed by atoms with Crippen molar-refractivity contribution < 1.29 is 14.3 Å². The Labute approximate surface area is 153 Å².